The van der Waals surface area contributed by atoms with E-state index in [1.165, 1.54) is 24.3 Å². The Labute approximate surface area is 157 Å². The zero-order valence-electron chi connectivity index (χ0n) is 14.0. The van der Waals surface area contributed by atoms with Gasteiger partial charge in [-0.2, -0.15) is 26.3 Å². The van der Waals surface area contributed by atoms with E-state index in [1.807, 2.05) is 0 Å². The lowest BCUT2D eigenvalue weighted by Gasteiger charge is -2.13. The van der Waals surface area contributed by atoms with Gasteiger partial charge >= 0.3 is 18.3 Å². The maximum absolute atomic E-state index is 12.9. The summed E-state index contributed by atoms with van der Waals surface area (Å²) in [6.07, 6.45) is -10.0. The Balaban J connectivity index is 2.00. The third kappa shape index (κ3) is 4.47. The van der Waals surface area contributed by atoms with E-state index in [4.69, 9.17) is 5.11 Å². The molecule has 0 amide bonds. The fourth-order valence-corrected chi connectivity index (χ4v) is 2.31. The predicted molar refractivity (Wildman–Crippen MR) is 85.5 cm³/mol. The van der Waals surface area contributed by atoms with Gasteiger partial charge < -0.3 is 5.11 Å². The highest BCUT2D eigenvalue weighted by molar-refractivity contribution is 5.88. The molecule has 2 aromatic carbocycles. The summed E-state index contributed by atoms with van der Waals surface area (Å²) in [5.41, 5.74) is -3.28. The number of hydrogen-bond acceptors (Lipinski definition) is 5. The number of hydrogen-bond donors (Lipinski definition) is 1. The molecule has 0 bridgehead atoms. The van der Waals surface area contributed by atoms with Crippen LogP contribution in [0.25, 0.3) is 22.8 Å². The molecule has 0 aliphatic heterocycles. The Morgan fingerprint density at radius 3 is 1.48 bits per heavy atom. The molecule has 0 aliphatic rings. The normalized spacial score (nSPS) is 12.1. The van der Waals surface area contributed by atoms with E-state index < -0.39 is 40.8 Å². The number of aromatic carboxylic acids is 1. The first kappa shape index (κ1) is 20.2. The molecule has 0 saturated carbocycles. The van der Waals surface area contributed by atoms with Crippen LogP contribution in [0.4, 0.5) is 26.3 Å². The molecule has 1 aromatic heterocycles. The minimum absolute atomic E-state index is 0.00469. The minimum Gasteiger partial charge on any atom is -0.478 e. The van der Waals surface area contributed by atoms with Gasteiger partial charge in [0, 0.05) is 11.1 Å². The van der Waals surface area contributed by atoms with Crippen LogP contribution in [-0.2, 0) is 12.4 Å². The van der Waals surface area contributed by atoms with Gasteiger partial charge in [0.25, 0.3) is 0 Å². The lowest BCUT2D eigenvalue weighted by atomic mass is 10.0. The van der Waals surface area contributed by atoms with E-state index in [0.29, 0.717) is 17.7 Å². The third-order valence-electron chi connectivity index (χ3n) is 3.71. The zero-order valence-corrected chi connectivity index (χ0v) is 14.0. The standard InChI is InChI=1S/C17H8F6N4O2/c18-16(19,20)11-5-10(6-12(7-11)17(21,22)23)14-26-24-13(25-27-14)8-1-3-9(4-2-8)15(28)29/h1-7H,(H,28,29). The lowest BCUT2D eigenvalue weighted by Crippen LogP contribution is -2.11. The average Bonchev–Trinajstić information content (AvgIpc) is 2.66. The maximum Gasteiger partial charge on any atom is 0.416 e. The highest BCUT2D eigenvalue weighted by atomic mass is 19.4. The third-order valence-corrected chi connectivity index (χ3v) is 3.71. The second kappa shape index (κ2) is 7.11. The van der Waals surface area contributed by atoms with Gasteiger partial charge in [0.2, 0.25) is 11.6 Å². The number of carboxylic acids is 1. The molecule has 3 rings (SSSR count). The molecular formula is C17H8F6N4O2. The first-order valence-corrected chi connectivity index (χ1v) is 7.66. The molecule has 0 unspecified atom stereocenters. The van der Waals surface area contributed by atoms with Gasteiger partial charge in [0.1, 0.15) is 0 Å². The van der Waals surface area contributed by atoms with Crippen LogP contribution >= 0.6 is 0 Å². The number of carbonyl (C=O) groups is 1. The summed E-state index contributed by atoms with van der Waals surface area (Å²) in [6.45, 7) is 0. The summed E-state index contributed by atoms with van der Waals surface area (Å²) in [7, 11) is 0. The number of aromatic nitrogens is 4. The Morgan fingerprint density at radius 1 is 0.690 bits per heavy atom. The highest BCUT2D eigenvalue weighted by Gasteiger charge is 2.37. The molecule has 12 heteroatoms. The van der Waals surface area contributed by atoms with E-state index in [1.54, 1.807) is 0 Å². The zero-order chi connectivity index (χ0) is 21.4. The number of carboxylic acid groups (broad SMARTS) is 1. The summed E-state index contributed by atoms with van der Waals surface area (Å²) in [5, 5.41) is 23.3. The topological polar surface area (TPSA) is 88.9 Å². The summed E-state index contributed by atoms with van der Waals surface area (Å²) < 4.78 is 77.7. The molecule has 0 fully saturated rings. The molecule has 1 heterocycles. The van der Waals surface area contributed by atoms with Crippen LogP contribution in [-0.4, -0.2) is 31.5 Å². The van der Waals surface area contributed by atoms with Crippen LogP contribution in [0.15, 0.2) is 42.5 Å². The number of alkyl halides is 6. The van der Waals surface area contributed by atoms with Crippen LogP contribution in [0.3, 0.4) is 0 Å². The number of nitrogens with zero attached hydrogens (tertiary/aromatic N) is 4. The molecule has 29 heavy (non-hydrogen) atoms. The van der Waals surface area contributed by atoms with Crippen molar-refractivity contribution in [3.63, 3.8) is 0 Å². The molecule has 0 saturated heterocycles. The second-order valence-electron chi connectivity index (χ2n) is 5.72. The van der Waals surface area contributed by atoms with E-state index >= 15 is 0 Å². The van der Waals surface area contributed by atoms with Gasteiger partial charge in [0.05, 0.1) is 16.7 Å². The molecule has 0 aliphatic carbocycles. The van der Waals surface area contributed by atoms with E-state index in [-0.39, 0.29) is 17.5 Å². The number of halogens is 6. The maximum atomic E-state index is 12.9. The van der Waals surface area contributed by atoms with Gasteiger partial charge in [-0.05, 0) is 30.3 Å². The van der Waals surface area contributed by atoms with Crippen molar-refractivity contribution in [2.24, 2.45) is 0 Å². The molecule has 6 nitrogen and oxygen atoms in total. The Morgan fingerprint density at radius 2 is 1.10 bits per heavy atom. The van der Waals surface area contributed by atoms with Crippen LogP contribution in [0, 0.1) is 0 Å². The van der Waals surface area contributed by atoms with Crippen molar-refractivity contribution >= 4 is 5.97 Å². The van der Waals surface area contributed by atoms with Crippen LogP contribution in [0.5, 0.6) is 0 Å². The smallest absolute Gasteiger partial charge is 0.416 e. The summed E-state index contributed by atoms with van der Waals surface area (Å²) >= 11 is 0. The molecule has 1 N–H and O–H groups in total. The summed E-state index contributed by atoms with van der Waals surface area (Å²) in [4.78, 5) is 10.8. The Hall–Kier alpha value is -3.57. The molecular weight excluding hydrogens is 406 g/mol. The highest BCUT2D eigenvalue weighted by Crippen LogP contribution is 2.37. The quantitative estimate of drug-likeness (QED) is 0.642. The molecule has 0 spiro atoms. The molecule has 3 aromatic rings. The SMILES string of the molecule is O=C(O)c1ccc(-c2nnc(-c3cc(C(F)(F)F)cc(C(F)(F)F)c3)nn2)cc1. The first-order chi connectivity index (χ1) is 13.4. The molecule has 0 atom stereocenters. The van der Waals surface area contributed by atoms with Crippen molar-refractivity contribution < 1.29 is 36.2 Å². The predicted octanol–water partition coefficient (Wildman–Crippen LogP) is 4.34. The van der Waals surface area contributed by atoms with Crippen LogP contribution < -0.4 is 0 Å². The Kier molecular flexibility index (Phi) is 4.95. The van der Waals surface area contributed by atoms with Gasteiger partial charge in [-0.1, -0.05) is 12.1 Å². The van der Waals surface area contributed by atoms with E-state index in [0.717, 1.165) is 0 Å². The van der Waals surface area contributed by atoms with Gasteiger partial charge in [-0.15, -0.1) is 20.4 Å². The molecule has 150 valence electrons. The molecule has 0 radical (unpaired) electrons. The fraction of sp³-hybridized carbons (Fsp3) is 0.118. The van der Waals surface area contributed by atoms with E-state index in [9.17, 15) is 31.1 Å². The van der Waals surface area contributed by atoms with Gasteiger partial charge in [-0.25, -0.2) is 4.79 Å². The van der Waals surface area contributed by atoms with Crippen molar-refractivity contribution in [1.82, 2.24) is 20.4 Å². The Bertz CT molecular complexity index is 1020. The van der Waals surface area contributed by atoms with Crippen molar-refractivity contribution in [2.75, 3.05) is 0 Å². The summed E-state index contributed by atoms with van der Waals surface area (Å²) in [5.74, 6) is -1.78. The van der Waals surface area contributed by atoms with Crippen molar-refractivity contribution in [3.05, 3.63) is 59.2 Å². The van der Waals surface area contributed by atoms with Crippen LogP contribution in [0.1, 0.15) is 21.5 Å². The lowest BCUT2D eigenvalue weighted by molar-refractivity contribution is -0.143. The minimum atomic E-state index is -5.01. The van der Waals surface area contributed by atoms with Crippen LogP contribution in [0.2, 0.25) is 0 Å². The first-order valence-electron chi connectivity index (χ1n) is 7.66. The largest absolute Gasteiger partial charge is 0.478 e. The number of rotatable bonds is 3. The van der Waals surface area contributed by atoms with Gasteiger partial charge in [-0.3, -0.25) is 0 Å². The van der Waals surface area contributed by atoms with Crippen molar-refractivity contribution in [3.8, 4) is 22.8 Å². The van der Waals surface area contributed by atoms with Crippen molar-refractivity contribution in [2.45, 2.75) is 12.4 Å². The van der Waals surface area contributed by atoms with Crippen molar-refractivity contribution in [1.29, 1.82) is 0 Å². The van der Waals surface area contributed by atoms with Gasteiger partial charge in [0.15, 0.2) is 0 Å². The second-order valence-corrected chi connectivity index (χ2v) is 5.72. The summed E-state index contributed by atoms with van der Waals surface area (Å²) in [6, 6.07) is 6.16. The fourth-order valence-electron chi connectivity index (χ4n) is 2.31. The monoisotopic (exact) mass is 414 g/mol. The average molecular weight is 414 g/mol. The van der Waals surface area contributed by atoms with E-state index in [2.05, 4.69) is 20.4 Å². The number of benzene rings is 2.